The number of carbonyl (C=O) groups is 1. The van der Waals surface area contributed by atoms with E-state index in [0.717, 1.165) is 23.5 Å². The van der Waals surface area contributed by atoms with Gasteiger partial charge in [0.05, 0.1) is 6.10 Å². The Labute approximate surface area is 113 Å². The van der Waals surface area contributed by atoms with Crippen LogP contribution in [0.25, 0.3) is 6.08 Å². The molecule has 0 saturated heterocycles. The van der Waals surface area contributed by atoms with Crippen molar-refractivity contribution < 1.29 is 9.53 Å². The third-order valence-corrected chi connectivity index (χ3v) is 3.02. The first-order valence-corrected chi connectivity index (χ1v) is 7.13. The van der Waals surface area contributed by atoms with Crippen molar-refractivity contribution in [1.82, 2.24) is 0 Å². The summed E-state index contributed by atoms with van der Waals surface area (Å²) in [4.78, 5) is 10.8. The predicted molar refractivity (Wildman–Crippen MR) is 79.0 cm³/mol. The minimum absolute atomic E-state index is 0.173. The SMILES string of the molecule is CC(=O)SCCC=Cc1ccccc1OC(C)C. The maximum atomic E-state index is 10.8. The monoisotopic (exact) mass is 264 g/mol. The molecular weight excluding hydrogens is 244 g/mol. The van der Waals surface area contributed by atoms with E-state index in [0.29, 0.717) is 0 Å². The second kappa shape index (κ2) is 7.98. The van der Waals surface area contributed by atoms with Crippen LogP contribution in [0.3, 0.4) is 0 Å². The first-order chi connectivity index (χ1) is 8.59. The van der Waals surface area contributed by atoms with Crippen LogP contribution in [0, 0.1) is 0 Å². The molecule has 0 N–H and O–H groups in total. The van der Waals surface area contributed by atoms with E-state index in [1.54, 1.807) is 6.92 Å². The average Bonchev–Trinajstić information content (AvgIpc) is 2.29. The van der Waals surface area contributed by atoms with E-state index >= 15 is 0 Å². The molecule has 0 aliphatic rings. The van der Waals surface area contributed by atoms with Crippen molar-refractivity contribution in [1.29, 1.82) is 0 Å². The summed E-state index contributed by atoms with van der Waals surface area (Å²) in [6.45, 7) is 5.63. The molecule has 1 rings (SSSR count). The zero-order chi connectivity index (χ0) is 13.4. The summed E-state index contributed by atoms with van der Waals surface area (Å²) in [5.74, 6) is 1.74. The van der Waals surface area contributed by atoms with Crippen molar-refractivity contribution in [3.8, 4) is 5.75 Å². The Kier molecular flexibility index (Phi) is 6.58. The van der Waals surface area contributed by atoms with Gasteiger partial charge in [-0.05, 0) is 26.3 Å². The molecule has 0 bridgehead atoms. The fraction of sp³-hybridized carbons (Fsp3) is 0.400. The van der Waals surface area contributed by atoms with Crippen LogP contribution < -0.4 is 4.74 Å². The van der Waals surface area contributed by atoms with Gasteiger partial charge < -0.3 is 4.74 Å². The van der Waals surface area contributed by atoms with Crippen LogP contribution in [0.15, 0.2) is 30.3 Å². The fourth-order valence-corrected chi connectivity index (χ4v) is 2.00. The molecule has 0 atom stereocenters. The smallest absolute Gasteiger partial charge is 0.185 e. The van der Waals surface area contributed by atoms with E-state index in [1.165, 1.54) is 11.8 Å². The van der Waals surface area contributed by atoms with Gasteiger partial charge in [-0.25, -0.2) is 0 Å². The Balaban J connectivity index is 2.55. The van der Waals surface area contributed by atoms with Gasteiger partial charge in [0, 0.05) is 18.2 Å². The zero-order valence-corrected chi connectivity index (χ0v) is 12.0. The second-order valence-corrected chi connectivity index (χ2v) is 5.51. The van der Waals surface area contributed by atoms with Crippen molar-refractivity contribution in [3.05, 3.63) is 35.9 Å². The lowest BCUT2D eigenvalue weighted by Crippen LogP contribution is -2.06. The Bertz CT molecular complexity index is 411. The molecule has 0 aliphatic carbocycles. The van der Waals surface area contributed by atoms with Gasteiger partial charge in [0.2, 0.25) is 0 Å². The number of hydrogen-bond acceptors (Lipinski definition) is 3. The van der Waals surface area contributed by atoms with Gasteiger partial charge in [0.15, 0.2) is 5.12 Å². The summed E-state index contributed by atoms with van der Waals surface area (Å²) < 4.78 is 5.73. The molecule has 3 heteroatoms. The number of hydrogen-bond donors (Lipinski definition) is 0. The molecule has 0 spiro atoms. The third kappa shape index (κ3) is 5.92. The number of thioether (sulfide) groups is 1. The third-order valence-electron chi connectivity index (χ3n) is 2.17. The highest BCUT2D eigenvalue weighted by Gasteiger charge is 2.01. The molecule has 0 aliphatic heterocycles. The molecule has 1 aromatic rings. The average molecular weight is 264 g/mol. The van der Waals surface area contributed by atoms with Gasteiger partial charge in [0.25, 0.3) is 0 Å². The molecule has 0 amide bonds. The molecule has 0 saturated carbocycles. The van der Waals surface area contributed by atoms with Crippen molar-refractivity contribution in [2.24, 2.45) is 0 Å². The fourth-order valence-electron chi connectivity index (χ4n) is 1.46. The van der Waals surface area contributed by atoms with Crippen molar-refractivity contribution >= 4 is 23.0 Å². The highest BCUT2D eigenvalue weighted by molar-refractivity contribution is 8.13. The summed E-state index contributed by atoms with van der Waals surface area (Å²) in [7, 11) is 0. The highest BCUT2D eigenvalue weighted by Crippen LogP contribution is 2.21. The maximum absolute atomic E-state index is 10.8. The number of benzene rings is 1. The van der Waals surface area contributed by atoms with Crippen LogP contribution in [0.5, 0.6) is 5.75 Å². The van der Waals surface area contributed by atoms with Crippen LogP contribution in [-0.4, -0.2) is 17.0 Å². The van der Waals surface area contributed by atoms with Gasteiger partial charge in [-0.1, -0.05) is 42.1 Å². The van der Waals surface area contributed by atoms with E-state index in [9.17, 15) is 4.79 Å². The van der Waals surface area contributed by atoms with Crippen molar-refractivity contribution in [3.63, 3.8) is 0 Å². The van der Waals surface area contributed by atoms with Crippen molar-refractivity contribution in [2.45, 2.75) is 33.3 Å². The van der Waals surface area contributed by atoms with Crippen LogP contribution >= 0.6 is 11.8 Å². The molecule has 0 fully saturated rings. The summed E-state index contributed by atoms with van der Waals surface area (Å²) >= 11 is 1.36. The van der Waals surface area contributed by atoms with Crippen LogP contribution in [0.4, 0.5) is 0 Å². The van der Waals surface area contributed by atoms with E-state index in [1.807, 2.05) is 38.1 Å². The molecule has 98 valence electrons. The lowest BCUT2D eigenvalue weighted by Gasteiger charge is -2.11. The minimum Gasteiger partial charge on any atom is -0.490 e. The normalized spacial score (nSPS) is 11.1. The molecule has 0 unspecified atom stereocenters. The molecule has 18 heavy (non-hydrogen) atoms. The van der Waals surface area contributed by atoms with Crippen LogP contribution in [0.1, 0.15) is 32.8 Å². The lowest BCUT2D eigenvalue weighted by atomic mass is 10.2. The maximum Gasteiger partial charge on any atom is 0.185 e. The first-order valence-electron chi connectivity index (χ1n) is 6.15. The standard InChI is InChI=1S/C15H20O2S/c1-12(2)17-15-10-5-4-8-14(15)9-6-7-11-18-13(3)16/h4-6,8-10,12H,7,11H2,1-3H3. The largest absolute Gasteiger partial charge is 0.490 e. The molecule has 0 radical (unpaired) electrons. The topological polar surface area (TPSA) is 26.3 Å². The van der Waals surface area contributed by atoms with Crippen LogP contribution in [0.2, 0.25) is 0 Å². The minimum atomic E-state index is 0.173. The molecule has 0 aromatic heterocycles. The highest BCUT2D eigenvalue weighted by atomic mass is 32.2. The van der Waals surface area contributed by atoms with Crippen molar-refractivity contribution in [2.75, 3.05) is 5.75 Å². The number of rotatable bonds is 6. The summed E-state index contributed by atoms with van der Waals surface area (Å²) in [5.41, 5.74) is 1.08. The van der Waals surface area contributed by atoms with Gasteiger partial charge in [-0.15, -0.1) is 0 Å². The number of ether oxygens (including phenoxy) is 1. The number of allylic oxidation sites excluding steroid dienone is 1. The Morgan fingerprint density at radius 3 is 2.78 bits per heavy atom. The molecular formula is C15H20O2S. The van der Waals surface area contributed by atoms with E-state index < -0.39 is 0 Å². The number of carbonyl (C=O) groups excluding carboxylic acids is 1. The van der Waals surface area contributed by atoms with E-state index in [2.05, 4.69) is 12.2 Å². The Hall–Kier alpha value is -1.22. The van der Waals surface area contributed by atoms with Gasteiger partial charge >= 0.3 is 0 Å². The zero-order valence-electron chi connectivity index (χ0n) is 11.2. The van der Waals surface area contributed by atoms with Gasteiger partial charge in [-0.2, -0.15) is 0 Å². The van der Waals surface area contributed by atoms with E-state index in [-0.39, 0.29) is 11.2 Å². The summed E-state index contributed by atoms with van der Waals surface area (Å²) in [6.07, 6.45) is 5.20. The Morgan fingerprint density at radius 1 is 1.39 bits per heavy atom. The van der Waals surface area contributed by atoms with Gasteiger partial charge in [0.1, 0.15) is 5.75 Å². The number of para-hydroxylation sites is 1. The van der Waals surface area contributed by atoms with Crippen LogP contribution in [-0.2, 0) is 4.79 Å². The van der Waals surface area contributed by atoms with E-state index in [4.69, 9.17) is 4.74 Å². The molecule has 0 heterocycles. The first kappa shape index (κ1) is 14.8. The molecule has 2 nitrogen and oxygen atoms in total. The summed E-state index contributed by atoms with van der Waals surface area (Å²) in [5, 5.41) is 0.173. The van der Waals surface area contributed by atoms with Gasteiger partial charge in [-0.3, -0.25) is 4.79 Å². The quantitative estimate of drug-likeness (QED) is 0.722. The summed E-state index contributed by atoms with van der Waals surface area (Å²) in [6, 6.07) is 7.98. The Morgan fingerprint density at radius 2 is 2.11 bits per heavy atom. The second-order valence-electron chi connectivity index (χ2n) is 4.24. The predicted octanol–water partition coefficient (Wildman–Crippen LogP) is 4.16. The molecule has 1 aromatic carbocycles. The lowest BCUT2D eigenvalue weighted by molar-refractivity contribution is -0.109.